The highest BCUT2D eigenvalue weighted by atomic mass is 35.5. The number of benzene rings is 1. The van der Waals surface area contributed by atoms with Gasteiger partial charge in [-0.2, -0.15) is 0 Å². The van der Waals surface area contributed by atoms with E-state index in [1.807, 2.05) is 17.6 Å². The number of nitrogens with one attached hydrogen (secondary N) is 1. The summed E-state index contributed by atoms with van der Waals surface area (Å²) in [6, 6.07) is 15.3. The Bertz CT molecular complexity index is 1340. The third kappa shape index (κ3) is 4.43. The molecule has 4 heterocycles. The van der Waals surface area contributed by atoms with Crippen molar-refractivity contribution in [2.75, 3.05) is 13.1 Å². The van der Waals surface area contributed by atoms with Crippen molar-refractivity contribution in [3.8, 4) is 0 Å². The molecule has 2 bridgehead atoms. The third-order valence-corrected chi connectivity index (χ3v) is 6.65. The first-order valence-electron chi connectivity index (χ1n) is 11.2. The van der Waals surface area contributed by atoms with E-state index in [9.17, 15) is 14.4 Å². The normalized spacial score (nSPS) is 19.5. The summed E-state index contributed by atoms with van der Waals surface area (Å²) in [6.07, 6.45) is 2.49. The highest BCUT2D eigenvalue weighted by Crippen LogP contribution is 2.35. The molecule has 2 aliphatic heterocycles. The second-order valence-corrected chi connectivity index (χ2v) is 9.31. The number of amides is 2. The number of furan rings is 1. The predicted molar refractivity (Wildman–Crippen MR) is 128 cm³/mol. The minimum atomic E-state index is -0.409. The van der Waals surface area contributed by atoms with Crippen molar-refractivity contribution in [2.45, 2.75) is 25.8 Å². The zero-order valence-electron chi connectivity index (χ0n) is 18.7. The molecule has 1 aromatic carbocycles. The molecule has 2 unspecified atom stereocenters. The van der Waals surface area contributed by atoms with E-state index >= 15 is 0 Å². The second-order valence-electron chi connectivity index (χ2n) is 8.88. The van der Waals surface area contributed by atoms with E-state index in [-0.39, 0.29) is 29.0 Å². The topological polar surface area (TPSA) is 84.5 Å². The van der Waals surface area contributed by atoms with Crippen molar-refractivity contribution in [3.05, 3.63) is 98.4 Å². The molecule has 3 aromatic rings. The molecule has 2 aromatic heterocycles. The van der Waals surface area contributed by atoms with Crippen LogP contribution in [0.25, 0.3) is 6.08 Å². The molecule has 2 amide bonds. The minimum absolute atomic E-state index is 0.00372. The summed E-state index contributed by atoms with van der Waals surface area (Å²) >= 11 is 5.94. The van der Waals surface area contributed by atoms with Gasteiger partial charge in [0.1, 0.15) is 17.2 Å². The molecule has 5 rings (SSSR count). The van der Waals surface area contributed by atoms with Crippen molar-refractivity contribution in [1.82, 2.24) is 14.8 Å². The maximum Gasteiger partial charge on any atom is 0.270 e. The van der Waals surface area contributed by atoms with Crippen LogP contribution in [-0.2, 0) is 11.3 Å². The quantitative estimate of drug-likeness (QED) is 0.579. The van der Waals surface area contributed by atoms with Crippen LogP contribution in [0.1, 0.15) is 39.9 Å². The van der Waals surface area contributed by atoms with Crippen LogP contribution < -0.4 is 10.9 Å². The van der Waals surface area contributed by atoms with Gasteiger partial charge in [0, 0.05) is 54.0 Å². The molecule has 8 heteroatoms. The first-order valence-corrected chi connectivity index (χ1v) is 11.6. The smallest absolute Gasteiger partial charge is 0.270 e. The van der Waals surface area contributed by atoms with Crippen LogP contribution in [0.2, 0.25) is 5.02 Å². The second kappa shape index (κ2) is 8.99. The Hall–Kier alpha value is -3.58. The Balaban J connectivity index is 1.43. The van der Waals surface area contributed by atoms with Gasteiger partial charge in [0.25, 0.3) is 17.4 Å². The average Bonchev–Trinajstić information content (AvgIpc) is 3.23. The number of nitrogens with zero attached hydrogens (tertiary/aromatic N) is 2. The molecule has 7 nitrogen and oxygen atoms in total. The van der Waals surface area contributed by atoms with E-state index < -0.39 is 5.91 Å². The van der Waals surface area contributed by atoms with Crippen molar-refractivity contribution >= 4 is 29.5 Å². The van der Waals surface area contributed by atoms with Gasteiger partial charge in [-0.3, -0.25) is 14.4 Å². The molecule has 1 fully saturated rings. The molecule has 0 radical (unpaired) electrons. The Morgan fingerprint density at radius 1 is 1.06 bits per heavy atom. The zero-order valence-corrected chi connectivity index (χ0v) is 19.4. The maximum atomic E-state index is 13.7. The van der Waals surface area contributed by atoms with E-state index in [4.69, 9.17) is 16.0 Å². The molecule has 0 aliphatic carbocycles. The number of aryl methyl sites for hydroxylation is 1. The maximum absolute atomic E-state index is 13.7. The van der Waals surface area contributed by atoms with Gasteiger partial charge in [0.05, 0.1) is 0 Å². The van der Waals surface area contributed by atoms with Crippen LogP contribution >= 0.6 is 11.6 Å². The Kier molecular flexibility index (Phi) is 5.87. The number of aromatic nitrogens is 1. The summed E-state index contributed by atoms with van der Waals surface area (Å²) in [4.78, 5) is 40.6. The zero-order chi connectivity index (χ0) is 23.8. The Morgan fingerprint density at radius 2 is 1.85 bits per heavy atom. The molecule has 174 valence electrons. The van der Waals surface area contributed by atoms with E-state index in [0.717, 1.165) is 12.1 Å². The fourth-order valence-corrected chi connectivity index (χ4v) is 4.98. The standard InChI is InChI=1S/C26H24ClN3O4/c1-16-5-10-21(34-16)12-22(28-25(32)18-6-8-20(27)9-7-18)26(33)29-13-17-11-19(15-29)23-3-2-4-24(31)30(23)14-17/h2-10,12,17,19H,11,13-15H2,1H3,(H,28,32)/b22-12-. The van der Waals surface area contributed by atoms with E-state index in [1.54, 1.807) is 59.5 Å². The monoisotopic (exact) mass is 477 g/mol. The van der Waals surface area contributed by atoms with E-state index in [0.29, 0.717) is 41.7 Å². The number of carbonyl (C=O) groups is 2. The van der Waals surface area contributed by atoms with Crippen molar-refractivity contribution < 1.29 is 14.0 Å². The number of pyridine rings is 1. The minimum Gasteiger partial charge on any atom is -0.462 e. The summed E-state index contributed by atoms with van der Waals surface area (Å²) in [5.41, 5.74) is 1.48. The highest BCUT2D eigenvalue weighted by Gasteiger charge is 2.37. The summed E-state index contributed by atoms with van der Waals surface area (Å²) in [6.45, 7) is 3.39. The van der Waals surface area contributed by atoms with Crippen LogP contribution in [0.3, 0.4) is 0 Å². The van der Waals surface area contributed by atoms with Crippen molar-refractivity contribution in [2.24, 2.45) is 5.92 Å². The SMILES string of the molecule is Cc1ccc(/C=C(\NC(=O)c2ccc(Cl)cc2)C(=O)N2CC3CC(C2)c2cccc(=O)n2C3)o1. The molecule has 1 N–H and O–H groups in total. The van der Waals surface area contributed by atoms with Crippen molar-refractivity contribution in [1.29, 1.82) is 0 Å². The number of halogens is 1. The van der Waals surface area contributed by atoms with Gasteiger partial charge in [-0.1, -0.05) is 17.7 Å². The number of fused-ring (bicyclic) bond motifs is 4. The number of rotatable bonds is 4. The summed E-state index contributed by atoms with van der Waals surface area (Å²) in [7, 11) is 0. The van der Waals surface area contributed by atoms with Gasteiger partial charge in [-0.05, 0) is 61.7 Å². The number of likely N-dealkylation sites (tertiary alicyclic amines) is 1. The average molecular weight is 478 g/mol. The van der Waals surface area contributed by atoms with Gasteiger partial charge in [0.2, 0.25) is 0 Å². The van der Waals surface area contributed by atoms with E-state index in [1.165, 1.54) is 0 Å². The first kappa shape index (κ1) is 22.2. The first-order chi connectivity index (χ1) is 16.4. The van der Waals surface area contributed by atoms with Crippen LogP contribution in [-0.4, -0.2) is 34.4 Å². The molecular formula is C26H24ClN3O4. The van der Waals surface area contributed by atoms with Gasteiger partial charge >= 0.3 is 0 Å². The number of hydrogen-bond acceptors (Lipinski definition) is 4. The number of carbonyl (C=O) groups excluding carboxylic acids is 2. The largest absolute Gasteiger partial charge is 0.462 e. The number of piperidine rings is 1. The molecule has 2 atom stereocenters. The summed E-state index contributed by atoms with van der Waals surface area (Å²) in [5, 5.41) is 3.30. The fraction of sp³-hybridized carbons (Fsp3) is 0.269. The Labute approximate surface area is 201 Å². The lowest BCUT2D eigenvalue weighted by Crippen LogP contribution is -2.50. The van der Waals surface area contributed by atoms with Gasteiger partial charge in [0.15, 0.2) is 0 Å². The Morgan fingerprint density at radius 3 is 2.59 bits per heavy atom. The summed E-state index contributed by atoms with van der Waals surface area (Å²) < 4.78 is 7.46. The summed E-state index contributed by atoms with van der Waals surface area (Å²) in [5.74, 6) is 0.744. The lowest BCUT2D eigenvalue weighted by Gasteiger charge is -2.42. The van der Waals surface area contributed by atoms with Crippen LogP contribution in [0.4, 0.5) is 0 Å². The molecule has 2 aliphatic rings. The fourth-order valence-electron chi connectivity index (χ4n) is 4.85. The van der Waals surface area contributed by atoms with Crippen LogP contribution in [0.15, 0.2) is 69.5 Å². The lowest BCUT2D eigenvalue weighted by molar-refractivity contribution is -0.130. The van der Waals surface area contributed by atoms with Crippen molar-refractivity contribution in [3.63, 3.8) is 0 Å². The third-order valence-electron chi connectivity index (χ3n) is 6.40. The number of hydrogen-bond donors (Lipinski definition) is 1. The van der Waals surface area contributed by atoms with Crippen LogP contribution in [0, 0.1) is 12.8 Å². The van der Waals surface area contributed by atoms with Crippen LogP contribution in [0.5, 0.6) is 0 Å². The molecule has 0 spiro atoms. The van der Waals surface area contributed by atoms with Gasteiger partial charge in [-0.15, -0.1) is 0 Å². The molecule has 0 saturated carbocycles. The van der Waals surface area contributed by atoms with E-state index in [2.05, 4.69) is 5.32 Å². The lowest BCUT2D eigenvalue weighted by atomic mass is 9.83. The molecular weight excluding hydrogens is 454 g/mol. The van der Waals surface area contributed by atoms with Gasteiger partial charge in [-0.25, -0.2) is 0 Å². The molecule has 34 heavy (non-hydrogen) atoms. The van der Waals surface area contributed by atoms with Gasteiger partial charge < -0.3 is 19.2 Å². The highest BCUT2D eigenvalue weighted by molar-refractivity contribution is 6.30. The predicted octanol–water partition coefficient (Wildman–Crippen LogP) is 3.82. The molecule has 1 saturated heterocycles.